The van der Waals surface area contributed by atoms with Crippen LogP contribution in [0.4, 0.5) is 0 Å². The fourth-order valence-corrected chi connectivity index (χ4v) is 4.21. The van der Waals surface area contributed by atoms with Gasteiger partial charge in [-0.05, 0) is 24.3 Å². The van der Waals surface area contributed by atoms with Crippen molar-refractivity contribution in [2.45, 2.75) is 90.7 Å². The van der Waals surface area contributed by atoms with Crippen LogP contribution in [0.15, 0.2) is 0 Å². The lowest BCUT2D eigenvalue weighted by molar-refractivity contribution is 0.261. The highest BCUT2D eigenvalue weighted by molar-refractivity contribution is 7.80. The van der Waals surface area contributed by atoms with E-state index in [0.29, 0.717) is 5.41 Å². The lowest BCUT2D eigenvalue weighted by Gasteiger charge is -2.36. The zero-order valence-electron chi connectivity index (χ0n) is 15.0. The monoisotopic (exact) mass is 311 g/mol. The first kappa shape index (κ1) is 19.4. The summed E-state index contributed by atoms with van der Waals surface area (Å²) in [6.07, 6.45) is 11.7. The van der Waals surface area contributed by atoms with Gasteiger partial charge in [0.1, 0.15) is 7.28 Å². The molecule has 3 heteroatoms. The molecule has 1 nitrogen and oxygen atoms in total. The van der Waals surface area contributed by atoms with Crippen LogP contribution in [0.25, 0.3) is 0 Å². The van der Waals surface area contributed by atoms with E-state index < -0.39 is 0 Å². The summed E-state index contributed by atoms with van der Waals surface area (Å²) < 4.78 is 0. The van der Waals surface area contributed by atoms with Crippen molar-refractivity contribution in [1.82, 2.24) is 5.32 Å². The lowest BCUT2D eigenvalue weighted by Crippen LogP contribution is -2.30. The van der Waals surface area contributed by atoms with Crippen molar-refractivity contribution in [2.24, 2.45) is 11.3 Å². The number of rotatable bonds is 8. The van der Waals surface area contributed by atoms with Crippen molar-refractivity contribution in [3.8, 4) is 0 Å². The minimum Gasteiger partial charge on any atom is -0.308 e. The molecule has 0 saturated heterocycles. The predicted octanol–water partition coefficient (Wildman–Crippen LogP) is 5.29. The molecule has 2 atom stereocenters. The molecule has 0 aromatic carbocycles. The third-order valence-corrected chi connectivity index (χ3v) is 5.95. The molecule has 0 amide bonds. The maximum atomic E-state index is 4.24. The topological polar surface area (TPSA) is 12.0 Å². The largest absolute Gasteiger partial charge is 0.308 e. The second-order valence-corrected chi connectivity index (χ2v) is 8.57. The summed E-state index contributed by atoms with van der Waals surface area (Å²) in [6, 6.07) is 0. The molecule has 1 N–H and O–H groups in total. The fraction of sp³-hybridized carbons (Fsp3) is 1.00. The van der Waals surface area contributed by atoms with Crippen LogP contribution in [0, 0.1) is 11.3 Å². The minimum absolute atomic E-state index is 0.458. The van der Waals surface area contributed by atoms with Crippen LogP contribution in [-0.2, 0) is 0 Å². The molecule has 0 spiro atoms. The highest BCUT2D eigenvalue weighted by atomic mass is 32.1. The van der Waals surface area contributed by atoms with E-state index in [-0.39, 0.29) is 0 Å². The van der Waals surface area contributed by atoms with E-state index in [4.69, 9.17) is 0 Å². The summed E-state index contributed by atoms with van der Waals surface area (Å²) in [5.41, 5.74) is 0.458. The molecule has 0 bridgehead atoms. The van der Waals surface area contributed by atoms with Gasteiger partial charge in [-0.3, -0.25) is 0 Å². The standard InChI is InChI=1S/C18H38BNS/c1-15(13-20-14-21)12-18(3,4)16(2)19-17-10-8-6-5-7-9-11-17/h15-17,19-21H,5-14H2,1-4H3. The van der Waals surface area contributed by atoms with Gasteiger partial charge in [0.15, 0.2) is 0 Å². The van der Waals surface area contributed by atoms with Gasteiger partial charge in [-0.1, -0.05) is 84.3 Å². The summed E-state index contributed by atoms with van der Waals surface area (Å²) in [5, 5.41) is 3.37. The van der Waals surface area contributed by atoms with Crippen LogP contribution in [0.5, 0.6) is 0 Å². The summed E-state index contributed by atoms with van der Waals surface area (Å²) in [6.45, 7) is 10.9. The average Bonchev–Trinajstić information content (AvgIpc) is 2.38. The van der Waals surface area contributed by atoms with Gasteiger partial charge in [-0.25, -0.2) is 0 Å². The molecule has 1 fully saturated rings. The molecule has 0 aromatic heterocycles. The molecule has 1 aliphatic rings. The quantitative estimate of drug-likeness (QED) is 0.352. The third kappa shape index (κ3) is 7.97. The molecule has 2 unspecified atom stereocenters. The summed E-state index contributed by atoms with van der Waals surface area (Å²) in [7, 11) is 1.44. The first-order valence-electron chi connectivity index (χ1n) is 9.27. The van der Waals surface area contributed by atoms with Gasteiger partial charge in [0.2, 0.25) is 0 Å². The summed E-state index contributed by atoms with van der Waals surface area (Å²) in [4.78, 5) is 0. The SMILES string of the molecule is CC(CNCS)CC(C)(C)C(C)BC1CCCCCCC1. The van der Waals surface area contributed by atoms with E-state index in [1.54, 1.807) is 0 Å². The van der Waals surface area contributed by atoms with Crippen LogP contribution in [-0.4, -0.2) is 19.7 Å². The van der Waals surface area contributed by atoms with Crippen molar-refractivity contribution in [2.75, 3.05) is 12.4 Å². The van der Waals surface area contributed by atoms with Gasteiger partial charge >= 0.3 is 0 Å². The van der Waals surface area contributed by atoms with Crippen LogP contribution < -0.4 is 5.32 Å². The number of nitrogens with one attached hydrogen (secondary N) is 1. The molecule has 124 valence electrons. The zero-order valence-corrected chi connectivity index (χ0v) is 15.9. The van der Waals surface area contributed by atoms with Gasteiger partial charge in [-0.2, -0.15) is 12.6 Å². The minimum atomic E-state index is 0.458. The number of thiol groups is 1. The van der Waals surface area contributed by atoms with Crippen LogP contribution >= 0.6 is 12.6 Å². The van der Waals surface area contributed by atoms with Gasteiger partial charge in [0.25, 0.3) is 0 Å². The first-order valence-corrected chi connectivity index (χ1v) is 9.90. The number of hydrogen-bond acceptors (Lipinski definition) is 2. The average molecular weight is 311 g/mol. The maximum Gasteiger partial charge on any atom is 0.127 e. The van der Waals surface area contributed by atoms with Crippen LogP contribution in [0.3, 0.4) is 0 Å². The highest BCUT2D eigenvalue weighted by Crippen LogP contribution is 2.41. The first-order chi connectivity index (χ1) is 9.95. The van der Waals surface area contributed by atoms with E-state index in [1.807, 2.05) is 0 Å². The van der Waals surface area contributed by atoms with E-state index in [1.165, 1.54) is 58.6 Å². The zero-order chi connectivity index (χ0) is 15.7. The second-order valence-electron chi connectivity index (χ2n) is 8.26. The molecular formula is C18H38BNS. The van der Waals surface area contributed by atoms with E-state index >= 15 is 0 Å². The van der Waals surface area contributed by atoms with Crippen molar-refractivity contribution in [1.29, 1.82) is 0 Å². The van der Waals surface area contributed by atoms with Crippen molar-refractivity contribution in [3.05, 3.63) is 0 Å². The van der Waals surface area contributed by atoms with Crippen molar-refractivity contribution in [3.63, 3.8) is 0 Å². The predicted molar refractivity (Wildman–Crippen MR) is 102 cm³/mol. The fourth-order valence-electron chi connectivity index (χ4n) is 4.08. The molecule has 0 radical (unpaired) electrons. The van der Waals surface area contributed by atoms with E-state index in [2.05, 4.69) is 45.6 Å². The lowest BCUT2D eigenvalue weighted by atomic mass is 9.46. The normalized spacial score (nSPS) is 21.4. The van der Waals surface area contributed by atoms with Crippen molar-refractivity contribution >= 4 is 19.9 Å². The van der Waals surface area contributed by atoms with Gasteiger partial charge < -0.3 is 5.32 Å². The third-order valence-electron chi connectivity index (χ3n) is 5.72. The Kier molecular flexibility index (Phi) is 9.44. The molecule has 0 aromatic rings. The Labute approximate surface area is 140 Å². The summed E-state index contributed by atoms with van der Waals surface area (Å²) in [5.74, 6) is 3.36. The Bertz CT molecular complexity index is 262. The second kappa shape index (κ2) is 10.2. The smallest absolute Gasteiger partial charge is 0.127 e. The van der Waals surface area contributed by atoms with Gasteiger partial charge in [-0.15, -0.1) is 0 Å². The van der Waals surface area contributed by atoms with Crippen LogP contribution in [0.2, 0.25) is 11.6 Å². The summed E-state index contributed by atoms with van der Waals surface area (Å²) >= 11 is 4.24. The van der Waals surface area contributed by atoms with E-state index in [9.17, 15) is 0 Å². The van der Waals surface area contributed by atoms with Crippen LogP contribution in [0.1, 0.15) is 79.1 Å². The highest BCUT2D eigenvalue weighted by Gasteiger charge is 2.30. The molecule has 0 heterocycles. The van der Waals surface area contributed by atoms with E-state index in [0.717, 1.165) is 30.0 Å². The molecule has 21 heavy (non-hydrogen) atoms. The molecular weight excluding hydrogens is 273 g/mol. The number of hydrogen-bond donors (Lipinski definition) is 2. The molecule has 1 aliphatic carbocycles. The Morgan fingerprint density at radius 1 is 1.10 bits per heavy atom. The van der Waals surface area contributed by atoms with Gasteiger partial charge in [0.05, 0.1) is 0 Å². The Morgan fingerprint density at radius 3 is 2.24 bits per heavy atom. The Balaban J connectivity index is 2.40. The Hall–Kier alpha value is 0.375. The molecule has 1 rings (SSSR count). The molecule has 1 saturated carbocycles. The maximum absolute atomic E-state index is 4.24. The van der Waals surface area contributed by atoms with Gasteiger partial charge in [0, 0.05) is 5.88 Å². The molecule has 0 aliphatic heterocycles. The Morgan fingerprint density at radius 2 is 1.67 bits per heavy atom. The van der Waals surface area contributed by atoms with Crippen molar-refractivity contribution < 1.29 is 0 Å².